The maximum absolute atomic E-state index is 12.1. The molecule has 0 spiro atoms. The standard InChI is InChI=1S/C14H12BrN5OS/c1-9(16-14(21)12-3-2-8-22-12)13-17-18-19-20(13)11-6-4-10(15)5-7-11/h2-9H,1H3,(H,16,21). The van der Waals surface area contributed by atoms with Gasteiger partial charge in [0, 0.05) is 4.47 Å². The van der Waals surface area contributed by atoms with E-state index in [1.165, 1.54) is 11.3 Å². The molecule has 0 aliphatic heterocycles. The maximum Gasteiger partial charge on any atom is 0.261 e. The summed E-state index contributed by atoms with van der Waals surface area (Å²) >= 11 is 4.79. The lowest BCUT2D eigenvalue weighted by Gasteiger charge is -2.13. The van der Waals surface area contributed by atoms with E-state index in [0.29, 0.717) is 10.7 Å². The number of amides is 1. The minimum absolute atomic E-state index is 0.132. The van der Waals surface area contributed by atoms with E-state index in [-0.39, 0.29) is 11.9 Å². The highest BCUT2D eigenvalue weighted by Crippen LogP contribution is 2.18. The number of hydrogen-bond donors (Lipinski definition) is 1. The van der Waals surface area contributed by atoms with Gasteiger partial charge in [-0.15, -0.1) is 16.4 Å². The molecule has 1 aromatic carbocycles. The molecule has 0 aliphatic carbocycles. The van der Waals surface area contributed by atoms with Crippen molar-refractivity contribution in [1.29, 1.82) is 0 Å². The fourth-order valence-corrected chi connectivity index (χ4v) is 2.86. The van der Waals surface area contributed by atoms with Crippen LogP contribution >= 0.6 is 27.3 Å². The number of rotatable bonds is 4. The molecule has 22 heavy (non-hydrogen) atoms. The van der Waals surface area contributed by atoms with E-state index in [9.17, 15) is 4.79 Å². The minimum Gasteiger partial charge on any atom is -0.342 e. The highest BCUT2D eigenvalue weighted by molar-refractivity contribution is 9.10. The van der Waals surface area contributed by atoms with E-state index in [4.69, 9.17) is 0 Å². The van der Waals surface area contributed by atoms with Gasteiger partial charge in [0.05, 0.1) is 16.6 Å². The number of nitrogens with one attached hydrogen (secondary N) is 1. The molecule has 1 amide bonds. The third kappa shape index (κ3) is 3.07. The third-order valence-corrected chi connectivity index (χ3v) is 4.44. The molecule has 0 aliphatic rings. The van der Waals surface area contributed by atoms with Gasteiger partial charge in [-0.2, -0.15) is 4.68 Å². The van der Waals surface area contributed by atoms with Gasteiger partial charge in [-0.25, -0.2) is 0 Å². The van der Waals surface area contributed by atoms with Crippen molar-refractivity contribution in [3.63, 3.8) is 0 Å². The summed E-state index contributed by atoms with van der Waals surface area (Å²) in [4.78, 5) is 12.8. The van der Waals surface area contributed by atoms with Crippen molar-refractivity contribution in [3.05, 3.63) is 57.0 Å². The molecular formula is C14H12BrN5OS. The molecular weight excluding hydrogens is 366 g/mol. The zero-order valence-corrected chi connectivity index (χ0v) is 14.0. The van der Waals surface area contributed by atoms with Gasteiger partial charge >= 0.3 is 0 Å². The monoisotopic (exact) mass is 377 g/mol. The highest BCUT2D eigenvalue weighted by Gasteiger charge is 2.19. The van der Waals surface area contributed by atoms with Gasteiger partial charge in [-0.05, 0) is 53.1 Å². The molecule has 0 fully saturated rings. The molecule has 112 valence electrons. The van der Waals surface area contributed by atoms with Gasteiger partial charge in [0.1, 0.15) is 0 Å². The number of hydrogen-bond acceptors (Lipinski definition) is 5. The number of nitrogens with zero attached hydrogens (tertiary/aromatic N) is 4. The fraction of sp³-hybridized carbons (Fsp3) is 0.143. The summed E-state index contributed by atoms with van der Waals surface area (Å²) in [6.45, 7) is 1.85. The Kier molecular flexibility index (Phi) is 4.30. The topological polar surface area (TPSA) is 72.7 Å². The second kappa shape index (κ2) is 6.37. The fourth-order valence-electron chi connectivity index (χ4n) is 1.97. The number of halogens is 1. The number of tetrazole rings is 1. The van der Waals surface area contributed by atoms with E-state index in [1.54, 1.807) is 10.7 Å². The molecule has 6 nitrogen and oxygen atoms in total. The van der Waals surface area contributed by atoms with Gasteiger partial charge in [0.2, 0.25) is 0 Å². The number of carbonyl (C=O) groups excluding carboxylic acids is 1. The summed E-state index contributed by atoms with van der Waals surface area (Å²) in [7, 11) is 0. The van der Waals surface area contributed by atoms with Crippen molar-refractivity contribution in [2.45, 2.75) is 13.0 Å². The minimum atomic E-state index is -0.312. The Morgan fingerprint density at radius 1 is 1.32 bits per heavy atom. The van der Waals surface area contributed by atoms with Crippen molar-refractivity contribution < 1.29 is 4.79 Å². The zero-order valence-electron chi connectivity index (χ0n) is 11.6. The summed E-state index contributed by atoms with van der Waals surface area (Å²) in [6, 6.07) is 10.9. The van der Waals surface area contributed by atoms with Gasteiger partial charge in [-0.1, -0.05) is 22.0 Å². The van der Waals surface area contributed by atoms with Gasteiger partial charge < -0.3 is 5.32 Å². The molecule has 0 saturated heterocycles. The van der Waals surface area contributed by atoms with E-state index >= 15 is 0 Å². The average Bonchev–Trinajstić information content (AvgIpc) is 3.19. The summed E-state index contributed by atoms with van der Waals surface area (Å²) in [5.41, 5.74) is 0.834. The van der Waals surface area contributed by atoms with Crippen LogP contribution in [0.4, 0.5) is 0 Å². The maximum atomic E-state index is 12.1. The van der Waals surface area contributed by atoms with Crippen LogP contribution in [0.15, 0.2) is 46.3 Å². The second-order valence-electron chi connectivity index (χ2n) is 4.60. The van der Waals surface area contributed by atoms with Gasteiger partial charge in [0.15, 0.2) is 5.82 Å². The number of carbonyl (C=O) groups is 1. The smallest absolute Gasteiger partial charge is 0.261 e. The first kappa shape index (κ1) is 14.9. The summed E-state index contributed by atoms with van der Waals surface area (Å²) in [5, 5.41) is 16.5. The quantitative estimate of drug-likeness (QED) is 0.758. The van der Waals surface area contributed by atoms with Crippen molar-refractivity contribution in [3.8, 4) is 5.69 Å². The van der Waals surface area contributed by atoms with E-state index in [1.807, 2.05) is 42.6 Å². The first-order valence-electron chi connectivity index (χ1n) is 6.54. The lowest BCUT2D eigenvalue weighted by atomic mass is 10.2. The predicted octanol–water partition coefficient (Wildman–Crippen LogP) is 2.98. The highest BCUT2D eigenvalue weighted by atomic mass is 79.9. The Labute approximate surface area is 139 Å². The molecule has 3 aromatic rings. The summed E-state index contributed by atoms with van der Waals surface area (Å²) < 4.78 is 2.59. The second-order valence-corrected chi connectivity index (χ2v) is 6.46. The molecule has 2 heterocycles. The van der Waals surface area contributed by atoms with E-state index in [2.05, 4.69) is 36.8 Å². The average molecular weight is 378 g/mol. The SMILES string of the molecule is CC(NC(=O)c1cccs1)c1nnnn1-c1ccc(Br)cc1. The molecule has 1 atom stereocenters. The molecule has 1 N–H and O–H groups in total. The lowest BCUT2D eigenvalue weighted by molar-refractivity contribution is 0.0942. The lowest BCUT2D eigenvalue weighted by Crippen LogP contribution is -2.28. The normalized spacial score (nSPS) is 12.1. The largest absolute Gasteiger partial charge is 0.342 e. The first-order chi connectivity index (χ1) is 10.6. The van der Waals surface area contributed by atoms with Crippen molar-refractivity contribution in [2.24, 2.45) is 0 Å². The van der Waals surface area contributed by atoms with Gasteiger partial charge in [0.25, 0.3) is 5.91 Å². The predicted molar refractivity (Wildman–Crippen MR) is 87.1 cm³/mol. The molecule has 0 bridgehead atoms. The Bertz CT molecular complexity index is 769. The number of benzene rings is 1. The first-order valence-corrected chi connectivity index (χ1v) is 8.21. The van der Waals surface area contributed by atoms with Gasteiger partial charge in [-0.3, -0.25) is 4.79 Å². The number of thiophene rings is 1. The van der Waals surface area contributed by atoms with Crippen LogP contribution in [0, 0.1) is 0 Å². The van der Waals surface area contributed by atoms with Crippen LogP contribution in [0.5, 0.6) is 0 Å². The van der Waals surface area contributed by atoms with Crippen LogP contribution < -0.4 is 5.32 Å². The van der Waals surface area contributed by atoms with Crippen LogP contribution in [0.25, 0.3) is 5.69 Å². The van der Waals surface area contributed by atoms with E-state index in [0.717, 1.165) is 10.2 Å². The molecule has 2 aromatic heterocycles. The van der Waals surface area contributed by atoms with Crippen LogP contribution in [0.3, 0.4) is 0 Å². The van der Waals surface area contributed by atoms with Crippen molar-refractivity contribution in [2.75, 3.05) is 0 Å². The van der Waals surface area contributed by atoms with Crippen LogP contribution in [0.2, 0.25) is 0 Å². The summed E-state index contributed by atoms with van der Waals surface area (Å²) in [5.74, 6) is 0.445. The molecule has 0 radical (unpaired) electrons. The van der Waals surface area contributed by atoms with Crippen LogP contribution in [0.1, 0.15) is 28.5 Å². The van der Waals surface area contributed by atoms with E-state index < -0.39 is 0 Å². The van der Waals surface area contributed by atoms with Crippen molar-refractivity contribution >= 4 is 33.2 Å². The summed E-state index contributed by atoms with van der Waals surface area (Å²) in [6.07, 6.45) is 0. The Morgan fingerprint density at radius 2 is 2.09 bits per heavy atom. The molecule has 0 saturated carbocycles. The zero-order chi connectivity index (χ0) is 15.5. The Balaban J connectivity index is 1.82. The Morgan fingerprint density at radius 3 is 2.77 bits per heavy atom. The Hall–Kier alpha value is -2.06. The third-order valence-electron chi connectivity index (χ3n) is 3.04. The number of aromatic nitrogens is 4. The molecule has 3 rings (SSSR count). The van der Waals surface area contributed by atoms with Crippen molar-refractivity contribution in [1.82, 2.24) is 25.5 Å². The molecule has 8 heteroatoms. The molecule has 1 unspecified atom stereocenters. The van der Waals surface area contributed by atoms with Crippen LogP contribution in [-0.2, 0) is 0 Å². The van der Waals surface area contributed by atoms with Crippen LogP contribution in [-0.4, -0.2) is 26.1 Å².